The molecule has 0 amide bonds. The van der Waals surface area contributed by atoms with Crippen LogP contribution in [0.15, 0.2) is 27.6 Å². The first-order valence-electron chi connectivity index (χ1n) is 8.05. The highest BCUT2D eigenvalue weighted by atomic mass is 79.9. The molecule has 8 heteroatoms. The van der Waals surface area contributed by atoms with Gasteiger partial charge in [0.05, 0.1) is 22.6 Å². The number of halogens is 1. The molecule has 136 valence electrons. The Morgan fingerprint density at radius 2 is 2.12 bits per heavy atom. The second kappa shape index (κ2) is 8.14. The fourth-order valence-corrected chi connectivity index (χ4v) is 5.19. The van der Waals surface area contributed by atoms with Crippen molar-refractivity contribution in [1.82, 2.24) is 9.21 Å². The van der Waals surface area contributed by atoms with Crippen molar-refractivity contribution < 1.29 is 18.3 Å². The maximum absolute atomic E-state index is 12.9. The third-order valence-electron chi connectivity index (χ3n) is 4.30. The predicted octanol–water partition coefficient (Wildman–Crippen LogP) is 1.92. The van der Waals surface area contributed by atoms with Crippen LogP contribution in [0.1, 0.15) is 20.3 Å². The average molecular weight is 421 g/mol. The van der Waals surface area contributed by atoms with Crippen LogP contribution in [-0.4, -0.2) is 68.2 Å². The first-order chi connectivity index (χ1) is 11.3. The first kappa shape index (κ1) is 19.7. The lowest BCUT2D eigenvalue weighted by atomic mass is 10.1. The Hall–Kier alpha value is -0.670. The van der Waals surface area contributed by atoms with Gasteiger partial charge in [-0.15, -0.1) is 0 Å². The predicted molar refractivity (Wildman–Crippen MR) is 96.8 cm³/mol. The van der Waals surface area contributed by atoms with E-state index in [0.717, 1.165) is 6.42 Å². The number of piperazine rings is 1. The summed E-state index contributed by atoms with van der Waals surface area (Å²) in [6, 6.07) is 4.92. The molecular formula is C16H25BrN2O4S. The second-order valence-corrected chi connectivity index (χ2v) is 8.86. The molecule has 0 radical (unpaired) electrons. The summed E-state index contributed by atoms with van der Waals surface area (Å²) in [4.78, 5) is 2.43. The van der Waals surface area contributed by atoms with Crippen LogP contribution < -0.4 is 4.74 Å². The molecule has 2 rings (SSSR count). The number of nitrogens with zero attached hydrogens (tertiary/aromatic N) is 2. The van der Waals surface area contributed by atoms with Gasteiger partial charge in [0.2, 0.25) is 10.0 Å². The van der Waals surface area contributed by atoms with E-state index in [2.05, 4.69) is 20.8 Å². The Balaban J connectivity index is 2.20. The third kappa shape index (κ3) is 4.29. The van der Waals surface area contributed by atoms with E-state index in [0.29, 0.717) is 36.4 Å². The number of aliphatic hydroxyl groups excluding tert-OH is 1. The molecule has 0 spiro atoms. The lowest BCUT2D eigenvalue weighted by Crippen LogP contribution is -2.55. The lowest BCUT2D eigenvalue weighted by molar-refractivity contribution is 0.0613. The fraction of sp³-hybridized carbons (Fsp3) is 0.625. The smallest absolute Gasteiger partial charge is 0.243 e. The number of sulfonamides is 1. The largest absolute Gasteiger partial charge is 0.496 e. The Bertz CT molecular complexity index is 666. The molecule has 0 aromatic heterocycles. The molecule has 1 N–H and O–H groups in total. The van der Waals surface area contributed by atoms with E-state index < -0.39 is 16.1 Å². The summed E-state index contributed by atoms with van der Waals surface area (Å²) in [5, 5.41) is 9.61. The molecular weight excluding hydrogens is 396 g/mol. The van der Waals surface area contributed by atoms with Crippen LogP contribution in [0.25, 0.3) is 0 Å². The van der Waals surface area contributed by atoms with Crippen LogP contribution in [-0.2, 0) is 10.0 Å². The molecule has 24 heavy (non-hydrogen) atoms. The molecule has 6 nitrogen and oxygen atoms in total. The van der Waals surface area contributed by atoms with E-state index in [1.165, 1.54) is 4.31 Å². The van der Waals surface area contributed by atoms with Crippen LogP contribution in [0, 0.1) is 0 Å². The summed E-state index contributed by atoms with van der Waals surface area (Å²) < 4.78 is 33.2. The number of rotatable bonds is 6. The van der Waals surface area contributed by atoms with E-state index in [-0.39, 0.29) is 10.9 Å². The van der Waals surface area contributed by atoms with E-state index in [9.17, 15) is 13.5 Å². The van der Waals surface area contributed by atoms with Gasteiger partial charge in [0.15, 0.2) is 0 Å². The summed E-state index contributed by atoms with van der Waals surface area (Å²) in [5.74, 6) is 0.599. The van der Waals surface area contributed by atoms with Crippen molar-refractivity contribution in [2.75, 3.05) is 33.3 Å². The highest BCUT2D eigenvalue weighted by molar-refractivity contribution is 9.10. The summed E-state index contributed by atoms with van der Waals surface area (Å²) in [7, 11) is -2.00. The minimum absolute atomic E-state index is 0.116. The molecule has 0 saturated carbocycles. The first-order valence-corrected chi connectivity index (χ1v) is 10.3. The minimum Gasteiger partial charge on any atom is -0.496 e. The van der Waals surface area contributed by atoms with Crippen molar-refractivity contribution >= 4 is 26.0 Å². The van der Waals surface area contributed by atoms with Crippen molar-refractivity contribution in [1.29, 1.82) is 0 Å². The van der Waals surface area contributed by atoms with E-state index in [4.69, 9.17) is 4.74 Å². The van der Waals surface area contributed by atoms with Gasteiger partial charge < -0.3 is 9.84 Å². The fourth-order valence-electron chi connectivity index (χ4n) is 3.01. The quantitative estimate of drug-likeness (QED) is 0.760. The van der Waals surface area contributed by atoms with Gasteiger partial charge in [0.1, 0.15) is 5.75 Å². The highest BCUT2D eigenvalue weighted by Gasteiger charge is 2.33. The van der Waals surface area contributed by atoms with Gasteiger partial charge in [-0.3, -0.25) is 4.90 Å². The topological polar surface area (TPSA) is 70.1 Å². The zero-order valence-corrected chi connectivity index (χ0v) is 16.7. The molecule has 1 heterocycles. The molecule has 2 atom stereocenters. The normalized spacial score (nSPS) is 21.6. The molecule has 1 aromatic rings. The van der Waals surface area contributed by atoms with Crippen molar-refractivity contribution in [2.45, 2.75) is 37.3 Å². The summed E-state index contributed by atoms with van der Waals surface area (Å²) in [6.45, 7) is 5.86. The maximum Gasteiger partial charge on any atom is 0.243 e. The van der Waals surface area contributed by atoms with Crippen LogP contribution in [0.5, 0.6) is 5.75 Å². The van der Waals surface area contributed by atoms with Gasteiger partial charge in [0.25, 0.3) is 0 Å². The lowest BCUT2D eigenvalue weighted by Gasteiger charge is -2.41. The minimum atomic E-state index is -3.55. The molecule has 1 aromatic carbocycles. The number of methoxy groups -OCH3 is 1. The maximum atomic E-state index is 12.9. The zero-order valence-electron chi connectivity index (χ0n) is 14.3. The summed E-state index contributed by atoms with van der Waals surface area (Å²) in [6.07, 6.45) is 0.421. The Morgan fingerprint density at radius 1 is 1.42 bits per heavy atom. The second-order valence-electron chi connectivity index (χ2n) is 6.07. The van der Waals surface area contributed by atoms with Gasteiger partial charge in [-0.1, -0.05) is 6.92 Å². The number of benzene rings is 1. The van der Waals surface area contributed by atoms with Gasteiger partial charge in [-0.2, -0.15) is 4.31 Å². The van der Waals surface area contributed by atoms with E-state index in [1.54, 1.807) is 32.2 Å². The zero-order chi connectivity index (χ0) is 17.9. The van der Waals surface area contributed by atoms with E-state index >= 15 is 0 Å². The van der Waals surface area contributed by atoms with Crippen molar-refractivity contribution in [2.24, 2.45) is 0 Å². The molecule has 0 bridgehead atoms. The van der Waals surface area contributed by atoms with Gasteiger partial charge in [-0.05, 0) is 47.5 Å². The SMILES string of the molecule is CC[C@H]1CN(S(=O)(=O)c2ccc(OC)c(Br)c2)CCN1C[C@@H](C)O. The highest BCUT2D eigenvalue weighted by Crippen LogP contribution is 2.29. The van der Waals surface area contributed by atoms with E-state index in [1.807, 2.05) is 6.92 Å². The van der Waals surface area contributed by atoms with Crippen LogP contribution in [0.2, 0.25) is 0 Å². The van der Waals surface area contributed by atoms with Crippen LogP contribution in [0.3, 0.4) is 0 Å². The summed E-state index contributed by atoms with van der Waals surface area (Å²) >= 11 is 3.34. The average Bonchev–Trinajstić information content (AvgIpc) is 2.54. The standard InChI is InChI=1S/C16H25BrN2O4S/c1-4-13-11-19(8-7-18(13)10-12(2)20)24(21,22)14-5-6-16(23-3)15(17)9-14/h5-6,9,12-13,20H,4,7-8,10-11H2,1-3H3/t12-,13+/m1/s1. The Morgan fingerprint density at radius 3 is 2.67 bits per heavy atom. The molecule has 1 saturated heterocycles. The Labute approximate surface area is 152 Å². The van der Waals surface area contributed by atoms with Crippen LogP contribution >= 0.6 is 15.9 Å². The van der Waals surface area contributed by atoms with Gasteiger partial charge >= 0.3 is 0 Å². The summed E-state index contributed by atoms with van der Waals surface area (Å²) in [5.41, 5.74) is 0. The number of ether oxygens (including phenoxy) is 1. The number of aliphatic hydroxyl groups is 1. The Kier molecular flexibility index (Phi) is 6.66. The number of hydrogen-bond donors (Lipinski definition) is 1. The number of β-amino-alcohol motifs (C(OH)–C–C–N with tert-alkyl or cyclic N) is 1. The molecule has 0 unspecified atom stereocenters. The van der Waals surface area contributed by atoms with Gasteiger partial charge in [-0.25, -0.2) is 8.42 Å². The van der Waals surface area contributed by atoms with Crippen molar-refractivity contribution in [3.8, 4) is 5.75 Å². The van der Waals surface area contributed by atoms with Crippen LogP contribution in [0.4, 0.5) is 0 Å². The molecule has 1 fully saturated rings. The monoisotopic (exact) mass is 420 g/mol. The number of hydrogen-bond acceptors (Lipinski definition) is 5. The van der Waals surface area contributed by atoms with Crippen molar-refractivity contribution in [3.05, 3.63) is 22.7 Å². The molecule has 0 aliphatic carbocycles. The molecule has 1 aliphatic rings. The van der Waals surface area contributed by atoms with Gasteiger partial charge in [0, 0.05) is 32.2 Å². The van der Waals surface area contributed by atoms with Crippen molar-refractivity contribution in [3.63, 3.8) is 0 Å². The third-order valence-corrected chi connectivity index (χ3v) is 6.78. The molecule has 1 aliphatic heterocycles.